The molecule has 1 aliphatic rings. The van der Waals surface area contributed by atoms with Crippen molar-refractivity contribution in [1.29, 1.82) is 0 Å². The van der Waals surface area contributed by atoms with Crippen LogP contribution in [0.1, 0.15) is 56.7 Å². The Bertz CT molecular complexity index is 938. The minimum Gasteiger partial charge on any atom is -0.493 e. The third kappa shape index (κ3) is 4.52. The first-order valence-electron chi connectivity index (χ1n) is 12.7. The van der Waals surface area contributed by atoms with Crippen LogP contribution in [-0.4, -0.2) is 37.8 Å². The number of rotatable bonds is 10. The van der Waals surface area contributed by atoms with Crippen LogP contribution in [0.15, 0.2) is 72.8 Å². The SMILES string of the molecule is CCOc1ccccc1C(c1ccccc1OCC)(c1ccccc1OCC)N1CCCCC1. The molecule has 4 nitrogen and oxygen atoms in total. The van der Waals surface area contributed by atoms with Crippen molar-refractivity contribution in [2.75, 3.05) is 32.9 Å². The van der Waals surface area contributed by atoms with Crippen LogP contribution in [0.3, 0.4) is 0 Å². The topological polar surface area (TPSA) is 30.9 Å². The Kier molecular flexibility index (Phi) is 8.12. The van der Waals surface area contributed by atoms with Gasteiger partial charge in [0.1, 0.15) is 22.8 Å². The van der Waals surface area contributed by atoms with E-state index >= 15 is 0 Å². The molecule has 1 fully saturated rings. The van der Waals surface area contributed by atoms with Gasteiger partial charge in [0.15, 0.2) is 0 Å². The van der Waals surface area contributed by atoms with Crippen molar-refractivity contribution in [2.45, 2.75) is 45.6 Å². The lowest BCUT2D eigenvalue weighted by Gasteiger charge is -2.48. The molecule has 0 atom stereocenters. The fourth-order valence-electron chi connectivity index (χ4n) is 5.32. The monoisotopic (exact) mass is 459 g/mol. The van der Waals surface area contributed by atoms with Crippen LogP contribution in [0.25, 0.3) is 0 Å². The Hall–Kier alpha value is -2.98. The van der Waals surface area contributed by atoms with Gasteiger partial charge >= 0.3 is 0 Å². The van der Waals surface area contributed by atoms with E-state index in [0.29, 0.717) is 19.8 Å². The van der Waals surface area contributed by atoms with E-state index in [1.54, 1.807) is 0 Å². The van der Waals surface area contributed by atoms with Crippen molar-refractivity contribution in [3.05, 3.63) is 89.5 Å². The van der Waals surface area contributed by atoms with Crippen molar-refractivity contribution in [3.8, 4) is 17.2 Å². The summed E-state index contributed by atoms with van der Waals surface area (Å²) in [5.41, 5.74) is 2.75. The summed E-state index contributed by atoms with van der Waals surface area (Å²) in [4.78, 5) is 2.62. The minimum atomic E-state index is -0.621. The van der Waals surface area contributed by atoms with Gasteiger partial charge in [-0.05, 0) is 64.9 Å². The van der Waals surface area contributed by atoms with Crippen molar-refractivity contribution in [2.24, 2.45) is 0 Å². The van der Waals surface area contributed by atoms with Crippen molar-refractivity contribution in [1.82, 2.24) is 4.90 Å². The third-order valence-corrected chi connectivity index (χ3v) is 6.56. The summed E-state index contributed by atoms with van der Waals surface area (Å²) in [6.07, 6.45) is 3.57. The Morgan fingerprint density at radius 1 is 0.559 bits per heavy atom. The molecule has 0 spiro atoms. The minimum absolute atomic E-state index is 0.604. The number of ether oxygens (including phenoxy) is 3. The van der Waals surface area contributed by atoms with Gasteiger partial charge in [0.05, 0.1) is 19.8 Å². The fraction of sp³-hybridized carbons (Fsp3) is 0.400. The van der Waals surface area contributed by atoms with Crippen LogP contribution in [0, 0.1) is 0 Å². The van der Waals surface area contributed by atoms with Gasteiger partial charge in [-0.1, -0.05) is 61.0 Å². The zero-order valence-electron chi connectivity index (χ0n) is 20.8. The molecule has 0 aliphatic carbocycles. The molecule has 0 saturated carbocycles. The molecule has 180 valence electrons. The van der Waals surface area contributed by atoms with Gasteiger partial charge in [-0.25, -0.2) is 0 Å². The third-order valence-electron chi connectivity index (χ3n) is 6.56. The summed E-state index contributed by atoms with van der Waals surface area (Å²) >= 11 is 0. The zero-order chi connectivity index (χ0) is 23.8. The predicted molar refractivity (Wildman–Crippen MR) is 138 cm³/mol. The quantitative estimate of drug-likeness (QED) is 0.317. The van der Waals surface area contributed by atoms with Gasteiger partial charge in [-0.15, -0.1) is 0 Å². The first-order valence-corrected chi connectivity index (χ1v) is 12.7. The zero-order valence-corrected chi connectivity index (χ0v) is 20.8. The predicted octanol–water partition coefficient (Wildman–Crippen LogP) is 6.66. The van der Waals surface area contributed by atoms with Crippen LogP contribution < -0.4 is 14.2 Å². The highest BCUT2D eigenvalue weighted by molar-refractivity contribution is 5.61. The maximum absolute atomic E-state index is 6.27. The van der Waals surface area contributed by atoms with E-state index in [4.69, 9.17) is 14.2 Å². The van der Waals surface area contributed by atoms with E-state index in [2.05, 4.69) is 77.7 Å². The molecule has 0 aromatic heterocycles. The largest absolute Gasteiger partial charge is 0.493 e. The first-order chi connectivity index (χ1) is 16.8. The lowest BCUT2D eigenvalue weighted by atomic mass is 9.73. The highest BCUT2D eigenvalue weighted by Crippen LogP contribution is 2.52. The molecule has 0 radical (unpaired) electrons. The van der Waals surface area contributed by atoms with E-state index in [-0.39, 0.29) is 0 Å². The van der Waals surface area contributed by atoms with Crippen molar-refractivity contribution in [3.63, 3.8) is 0 Å². The maximum Gasteiger partial charge on any atom is 0.125 e. The Labute approximate surface area is 204 Å². The summed E-state index contributed by atoms with van der Waals surface area (Å²) < 4.78 is 18.8. The highest BCUT2D eigenvalue weighted by Gasteiger charge is 2.47. The van der Waals surface area contributed by atoms with Gasteiger partial charge < -0.3 is 14.2 Å². The molecule has 4 rings (SSSR count). The first kappa shape index (κ1) is 24.2. The number of benzene rings is 3. The lowest BCUT2D eigenvalue weighted by Crippen LogP contribution is -2.51. The molecule has 1 heterocycles. The molecular weight excluding hydrogens is 422 g/mol. The molecule has 3 aromatic rings. The van der Waals surface area contributed by atoms with E-state index < -0.39 is 5.54 Å². The fourth-order valence-corrected chi connectivity index (χ4v) is 5.32. The van der Waals surface area contributed by atoms with Gasteiger partial charge in [-0.2, -0.15) is 0 Å². The number of hydrogen-bond donors (Lipinski definition) is 0. The second-order valence-electron chi connectivity index (χ2n) is 8.55. The van der Waals surface area contributed by atoms with E-state index in [9.17, 15) is 0 Å². The van der Waals surface area contributed by atoms with Gasteiger partial charge in [0.25, 0.3) is 0 Å². The maximum atomic E-state index is 6.27. The highest BCUT2D eigenvalue weighted by atomic mass is 16.5. The van der Waals surface area contributed by atoms with Crippen LogP contribution in [0.4, 0.5) is 0 Å². The molecule has 1 aliphatic heterocycles. The number of nitrogens with zero attached hydrogens (tertiary/aromatic N) is 1. The van der Waals surface area contributed by atoms with Crippen LogP contribution in [0.5, 0.6) is 17.2 Å². The second-order valence-corrected chi connectivity index (χ2v) is 8.55. The summed E-state index contributed by atoms with van der Waals surface area (Å²) in [5, 5.41) is 0. The molecule has 0 N–H and O–H groups in total. The number of likely N-dealkylation sites (tertiary alicyclic amines) is 1. The Morgan fingerprint density at radius 3 is 1.26 bits per heavy atom. The smallest absolute Gasteiger partial charge is 0.125 e. The molecular formula is C30H37NO3. The van der Waals surface area contributed by atoms with Gasteiger partial charge in [0, 0.05) is 16.7 Å². The van der Waals surface area contributed by atoms with E-state index in [1.165, 1.54) is 6.42 Å². The van der Waals surface area contributed by atoms with Crippen LogP contribution in [-0.2, 0) is 5.54 Å². The Morgan fingerprint density at radius 2 is 0.912 bits per heavy atom. The number of hydrogen-bond acceptors (Lipinski definition) is 4. The number of para-hydroxylation sites is 3. The van der Waals surface area contributed by atoms with Gasteiger partial charge in [0.2, 0.25) is 0 Å². The van der Waals surface area contributed by atoms with E-state index in [0.717, 1.165) is 59.9 Å². The molecule has 4 heteroatoms. The summed E-state index contributed by atoms with van der Waals surface area (Å²) in [6, 6.07) is 25.4. The van der Waals surface area contributed by atoms with Crippen molar-refractivity contribution < 1.29 is 14.2 Å². The summed E-state index contributed by atoms with van der Waals surface area (Å²) in [6.45, 7) is 9.92. The van der Waals surface area contributed by atoms with Gasteiger partial charge in [-0.3, -0.25) is 4.90 Å². The normalized spacial score (nSPS) is 14.6. The lowest BCUT2D eigenvalue weighted by molar-refractivity contribution is 0.118. The average molecular weight is 460 g/mol. The summed E-state index contributed by atoms with van der Waals surface area (Å²) in [5.74, 6) is 2.69. The molecule has 3 aromatic carbocycles. The molecule has 0 bridgehead atoms. The summed E-state index contributed by atoms with van der Waals surface area (Å²) in [7, 11) is 0. The average Bonchev–Trinajstić information content (AvgIpc) is 2.88. The molecule has 0 amide bonds. The molecule has 34 heavy (non-hydrogen) atoms. The Balaban J connectivity index is 2.14. The number of piperidine rings is 1. The standard InChI is InChI=1S/C30H37NO3/c1-4-32-27-19-11-8-16-24(27)30(31-22-14-7-15-23-31,25-17-9-12-20-28(25)33-5-2)26-18-10-13-21-29(26)34-6-3/h8-13,16-21H,4-7,14-15,22-23H2,1-3H3. The van der Waals surface area contributed by atoms with Crippen LogP contribution >= 0.6 is 0 Å². The molecule has 1 saturated heterocycles. The van der Waals surface area contributed by atoms with Crippen molar-refractivity contribution >= 4 is 0 Å². The second kappa shape index (κ2) is 11.4. The van der Waals surface area contributed by atoms with E-state index in [1.807, 2.05) is 20.8 Å². The van der Waals surface area contributed by atoms with Crippen LogP contribution in [0.2, 0.25) is 0 Å². The molecule has 0 unspecified atom stereocenters.